The Morgan fingerprint density at radius 3 is 1.36 bits per heavy atom. The van der Waals surface area contributed by atoms with E-state index in [1.54, 1.807) is 0 Å². The Morgan fingerprint density at radius 1 is 0.643 bits per heavy atom. The van der Waals surface area contributed by atoms with Crippen LogP contribution in [-0.4, -0.2) is 18.1 Å². The monoisotopic (exact) mass is 222 g/mol. The third-order valence-electron chi connectivity index (χ3n) is 4.09. The maximum Gasteiger partial charge on any atom is 0.0368 e. The molecule has 0 atom stereocenters. The van der Waals surface area contributed by atoms with Crippen LogP contribution in [0.5, 0.6) is 0 Å². The molecular formula is C12H22Si2. The first-order valence-corrected chi connectivity index (χ1v) is 9.62. The van der Waals surface area contributed by atoms with Crippen LogP contribution in [0.2, 0.25) is 11.1 Å². The SMILES string of the molecule is [Si][Si](C1CCCCC1)C1CCCCC1. The molecule has 0 bridgehead atoms. The maximum atomic E-state index is 4.16. The molecule has 2 rings (SSSR count). The van der Waals surface area contributed by atoms with Crippen LogP contribution in [0.15, 0.2) is 0 Å². The summed E-state index contributed by atoms with van der Waals surface area (Å²) >= 11 is 0. The van der Waals surface area contributed by atoms with Gasteiger partial charge in [0.2, 0.25) is 0 Å². The summed E-state index contributed by atoms with van der Waals surface area (Å²) in [4.78, 5) is 0. The summed E-state index contributed by atoms with van der Waals surface area (Å²) in [5.74, 6) is 0. The summed E-state index contributed by atoms with van der Waals surface area (Å²) in [7, 11) is 3.97. The Kier molecular flexibility index (Phi) is 4.30. The molecule has 4 radical (unpaired) electrons. The lowest BCUT2D eigenvalue weighted by Gasteiger charge is -2.34. The summed E-state index contributed by atoms with van der Waals surface area (Å²) < 4.78 is 0. The molecule has 0 unspecified atom stereocenters. The third kappa shape index (κ3) is 2.72. The van der Waals surface area contributed by atoms with E-state index in [1.165, 1.54) is 64.2 Å². The average molecular weight is 222 g/mol. The van der Waals surface area contributed by atoms with Crippen molar-refractivity contribution in [3.05, 3.63) is 0 Å². The highest BCUT2D eigenvalue weighted by Crippen LogP contribution is 2.39. The van der Waals surface area contributed by atoms with Gasteiger partial charge in [0.15, 0.2) is 0 Å². The van der Waals surface area contributed by atoms with Gasteiger partial charge < -0.3 is 0 Å². The summed E-state index contributed by atoms with van der Waals surface area (Å²) in [6.07, 6.45) is 15.2. The van der Waals surface area contributed by atoms with Crippen LogP contribution in [0, 0.1) is 0 Å². The van der Waals surface area contributed by atoms with E-state index in [0.29, 0.717) is 0 Å². The van der Waals surface area contributed by atoms with Crippen LogP contribution in [0.3, 0.4) is 0 Å². The number of hydrogen-bond acceptors (Lipinski definition) is 0. The minimum atomic E-state index is -0.185. The van der Waals surface area contributed by atoms with E-state index in [2.05, 4.69) is 9.76 Å². The summed E-state index contributed by atoms with van der Waals surface area (Å²) in [6.45, 7) is 0. The lowest BCUT2D eigenvalue weighted by Crippen LogP contribution is -2.30. The topological polar surface area (TPSA) is 0 Å². The Morgan fingerprint density at radius 2 is 1.00 bits per heavy atom. The fourth-order valence-corrected chi connectivity index (χ4v) is 7.62. The van der Waals surface area contributed by atoms with Gasteiger partial charge in [-0.25, -0.2) is 0 Å². The molecule has 2 aliphatic carbocycles. The molecule has 0 heterocycles. The van der Waals surface area contributed by atoms with Gasteiger partial charge >= 0.3 is 0 Å². The fraction of sp³-hybridized carbons (Fsp3) is 1.00. The lowest BCUT2D eigenvalue weighted by molar-refractivity contribution is 0.467. The van der Waals surface area contributed by atoms with Gasteiger partial charge in [0.05, 0.1) is 0 Å². The van der Waals surface area contributed by atoms with E-state index >= 15 is 0 Å². The highest BCUT2D eigenvalue weighted by molar-refractivity contribution is 7.05. The van der Waals surface area contributed by atoms with Gasteiger partial charge in [0.25, 0.3) is 0 Å². The van der Waals surface area contributed by atoms with Crippen molar-refractivity contribution in [3.63, 3.8) is 0 Å². The molecule has 14 heavy (non-hydrogen) atoms. The number of rotatable bonds is 2. The van der Waals surface area contributed by atoms with Crippen LogP contribution in [0.25, 0.3) is 0 Å². The molecule has 0 N–H and O–H groups in total. The van der Waals surface area contributed by atoms with Crippen LogP contribution in [-0.2, 0) is 0 Å². The quantitative estimate of drug-likeness (QED) is 0.623. The first-order chi connectivity index (χ1) is 6.88. The Hall–Kier alpha value is 0.434. The van der Waals surface area contributed by atoms with E-state index in [0.717, 1.165) is 11.1 Å². The van der Waals surface area contributed by atoms with E-state index in [4.69, 9.17) is 0 Å². The van der Waals surface area contributed by atoms with Crippen molar-refractivity contribution in [1.29, 1.82) is 0 Å². The lowest BCUT2D eigenvalue weighted by atomic mass is 9.99. The summed E-state index contributed by atoms with van der Waals surface area (Å²) in [5, 5.41) is 0. The number of hydrogen-bond donors (Lipinski definition) is 0. The van der Waals surface area contributed by atoms with Crippen LogP contribution in [0.4, 0.5) is 0 Å². The first-order valence-electron chi connectivity index (χ1n) is 6.46. The van der Waals surface area contributed by atoms with Gasteiger partial charge in [-0.1, -0.05) is 64.2 Å². The second-order valence-electron chi connectivity index (χ2n) is 5.13. The average Bonchev–Trinajstić information content (AvgIpc) is 2.30. The predicted molar refractivity (Wildman–Crippen MR) is 65.2 cm³/mol. The molecule has 0 aromatic rings. The van der Waals surface area contributed by atoms with Crippen molar-refractivity contribution in [1.82, 2.24) is 0 Å². The van der Waals surface area contributed by atoms with Crippen LogP contribution in [0.1, 0.15) is 64.2 Å². The normalized spacial score (nSPS) is 27.0. The van der Waals surface area contributed by atoms with Crippen LogP contribution >= 0.6 is 0 Å². The zero-order valence-corrected chi connectivity index (χ0v) is 11.2. The summed E-state index contributed by atoms with van der Waals surface area (Å²) in [5.41, 5.74) is 2.21. The van der Waals surface area contributed by atoms with E-state index in [-0.39, 0.29) is 8.31 Å². The highest BCUT2D eigenvalue weighted by atomic mass is 29.1. The van der Waals surface area contributed by atoms with Crippen molar-refractivity contribution in [2.75, 3.05) is 0 Å². The zero-order chi connectivity index (χ0) is 9.80. The highest BCUT2D eigenvalue weighted by Gasteiger charge is 2.28. The van der Waals surface area contributed by atoms with Gasteiger partial charge in [0.1, 0.15) is 0 Å². The smallest absolute Gasteiger partial charge is 0.0368 e. The largest absolute Gasteiger partial charge is 0.0533 e. The van der Waals surface area contributed by atoms with Gasteiger partial charge in [-0.3, -0.25) is 0 Å². The standard InChI is InChI=1S/C12H22Si2/c13-14(11-7-3-1-4-8-11)12-9-5-2-6-10-12/h11-12H,1-10H2. The molecule has 2 aliphatic rings. The van der Waals surface area contributed by atoms with Gasteiger partial charge in [-0.2, -0.15) is 0 Å². The predicted octanol–water partition coefficient (Wildman–Crippen LogP) is 3.82. The van der Waals surface area contributed by atoms with Crippen molar-refractivity contribution < 1.29 is 0 Å². The Balaban J connectivity index is 1.82. The van der Waals surface area contributed by atoms with Crippen molar-refractivity contribution in [3.8, 4) is 0 Å². The molecule has 0 aliphatic heterocycles. The maximum absolute atomic E-state index is 4.16. The Bertz CT molecular complexity index is 140. The Labute approximate surface area is 93.7 Å². The molecule has 0 amide bonds. The van der Waals surface area contributed by atoms with Gasteiger partial charge in [-0.05, 0) is 11.1 Å². The molecule has 0 nitrogen and oxygen atoms in total. The molecule has 0 aromatic carbocycles. The van der Waals surface area contributed by atoms with Gasteiger partial charge in [0, 0.05) is 18.1 Å². The molecule has 2 heteroatoms. The molecule has 0 spiro atoms. The molecule has 2 fully saturated rings. The minimum absolute atomic E-state index is 0.185. The fourth-order valence-electron chi connectivity index (χ4n) is 3.16. The van der Waals surface area contributed by atoms with E-state index < -0.39 is 0 Å². The van der Waals surface area contributed by atoms with Crippen molar-refractivity contribution >= 4 is 18.1 Å². The second-order valence-corrected chi connectivity index (χ2v) is 9.40. The molecular weight excluding hydrogens is 200 g/mol. The van der Waals surface area contributed by atoms with E-state index in [9.17, 15) is 0 Å². The molecule has 0 aromatic heterocycles. The molecule has 2 saturated carbocycles. The molecule has 0 saturated heterocycles. The van der Waals surface area contributed by atoms with Crippen molar-refractivity contribution in [2.24, 2.45) is 0 Å². The van der Waals surface area contributed by atoms with Gasteiger partial charge in [-0.15, -0.1) is 0 Å². The minimum Gasteiger partial charge on any atom is -0.0533 e. The third-order valence-corrected chi connectivity index (χ3v) is 9.45. The zero-order valence-electron chi connectivity index (χ0n) is 9.23. The summed E-state index contributed by atoms with van der Waals surface area (Å²) in [6, 6.07) is 0. The molecule has 78 valence electrons. The van der Waals surface area contributed by atoms with E-state index in [1.807, 2.05) is 0 Å². The second kappa shape index (κ2) is 5.50. The first kappa shape index (κ1) is 10.9. The van der Waals surface area contributed by atoms with Crippen molar-refractivity contribution in [2.45, 2.75) is 75.3 Å². The van der Waals surface area contributed by atoms with Crippen LogP contribution < -0.4 is 0 Å².